The molecular formula is C18H28N2. The lowest BCUT2D eigenvalue weighted by molar-refractivity contribution is 0.106. The zero-order chi connectivity index (χ0) is 14.1. The number of nitrogens with zero attached hydrogens (tertiary/aromatic N) is 1. The summed E-state index contributed by atoms with van der Waals surface area (Å²) in [5.41, 5.74) is 10.6. The summed E-state index contributed by atoms with van der Waals surface area (Å²) >= 11 is 0. The molecule has 0 spiro atoms. The zero-order valence-corrected chi connectivity index (χ0v) is 12.9. The van der Waals surface area contributed by atoms with Crippen molar-refractivity contribution in [2.45, 2.75) is 70.5 Å². The van der Waals surface area contributed by atoms with E-state index in [2.05, 4.69) is 36.9 Å². The van der Waals surface area contributed by atoms with Crippen molar-refractivity contribution in [2.75, 3.05) is 6.54 Å². The molecule has 1 unspecified atom stereocenters. The molecule has 0 bridgehead atoms. The molecule has 0 amide bonds. The molecule has 1 aromatic rings. The fourth-order valence-electron chi connectivity index (χ4n) is 4.21. The van der Waals surface area contributed by atoms with Crippen LogP contribution in [0.2, 0.25) is 0 Å². The van der Waals surface area contributed by atoms with E-state index in [9.17, 15) is 0 Å². The monoisotopic (exact) mass is 272 g/mol. The second-order valence-electron chi connectivity index (χ2n) is 6.66. The molecule has 1 aromatic carbocycles. The summed E-state index contributed by atoms with van der Waals surface area (Å²) in [7, 11) is 0. The molecule has 0 heterocycles. The first-order valence-electron chi connectivity index (χ1n) is 8.29. The Kier molecular flexibility index (Phi) is 4.13. The standard InChI is InChI=1S/C18H28N2/c1-3-20(16-9-7-15(19)8-10-16)18-11-6-14-5-4-13(2)12-17(14)18/h4-5,12,15-16,18H,3,6-11,19H2,1-2H3. The highest BCUT2D eigenvalue weighted by atomic mass is 15.2. The van der Waals surface area contributed by atoms with Gasteiger partial charge in [0.05, 0.1) is 0 Å². The fourth-order valence-corrected chi connectivity index (χ4v) is 4.21. The maximum atomic E-state index is 6.07. The van der Waals surface area contributed by atoms with E-state index in [1.165, 1.54) is 44.1 Å². The molecule has 2 aliphatic rings. The van der Waals surface area contributed by atoms with Gasteiger partial charge in [-0.05, 0) is 63.1 Å². The summed E-state index contributed by atoms with van der Waals surface area (Å²) in [5, 5.41) is 0. The van der Waals surface area contributed by atoms with E-state index < -0.39 is 0 Å². The van der Waals surface area contributed by atoms with E-state index in [-0.39, 0.29) is 0 Å². The Hall–Kier alpha value is -0.860. The SMILES string of the molecule is CCN(C1CCC(N)CC1)C1CCc2ccc(C)cc21. The van der Waals surface area contributed by atoms with Crippen LogP contribution >= 0.6 is 0 Å². The molecule has 20 heavy (non-hydrogen) atoms. The molecule has 0 radical (unpaired) electrons. The molecule has 3 rings (SSSR count). The molecule has 2 aliphatic carbocycles. The van der Waals surface area contributed by atoms with Crippen LogP contribution in [0.25, 0.3) is 0 Å². The van der Waals surface area contributed by atoms with Crippen LogP contribution in [-0.4, -0.2) is 23.5 Å². The van der Waals surface area contributed by atoms with Crippen molar-refractivity contribution < 1.29 is 0 Å². The van der Waals surface area contributed by atoms with Gasteiger partial charge in [0.2, 0.25) is 0 Å². The molecule has 110 valence electrons. The highest BCUT2D eigenvalue weighted by Crippen LogP contribution is 2.39. The van der Waals surface area contributed by atoms with Crippen molar-refractivity contribution in [1.82, 2.24) is 4.90 Å². The number of benzene rings is 1. The number of rotatable bonds is 3. The number of aryl methyl sites for hydroxylation is 2. The van der Waals surface area contributed by atoms with Gasteiger partial charge < -0.3 is 5.73 Å². The molecule has 0 aromatic heterocycles. The van der Waals surface area contributed by atoms with E-state index in [0.29, 0.717) is 12.1 Å². The number of hydrogen-bond donors (Lipinski definition) is 1. The summed E-state index contributed by atoms with van der Waals surface area (Å²) in [6.45, 7) is 5.70. The highest BCUT2D eigenvalue weighted by molar-refractivity contribution is 5.37. The Morgan fingerprint density at radius 3 is 2.60 bits per heavy atom. The summed E-state index contributed by atoms with van der Waals surface area (Å²) in [6, 6.07) is 8.87. The second-order valence-corrected chi connectivity index (χ2v) is 6.66. The van der Waals surface area contributed by atoms with Crippen molar-refractivity contribution >= 4 is 0 Å². The van der Waals surface area contributed by atoms with E-state index in [0.717, 1.165) is 12.6 Å². The molecular weight excluding hydrogens is 244 g/mol. The topological polar surface area (TPSA) is 29.3 Å². The molecule has 2 nitrogen and oxygen atoms in total. The molecule has 1 atom stereocenters. The third kappa shape index (κ3) is 2.64. The van der Waals surface area contributed by atoms with Crippen LogP contribution in [0.5, 0.6) is 0 Å². The van der Waals surface area contributed by atoms with Crippen molar-refractivity contribution in [3.8, 4) is 0 Å². The number of hydrogen-bond acceptors (Lipinski definition) is 2. The van der Waals surface area contributed by atoms with Crippen LogP contribution in [0.3, 0.4) is 0 Å². The predicted octanol–water partition coefficient (Wildman–Crippen LogP) is 3.57. The van der Waals surface area contributed by atoms with Crippen molar-refractivity contribution in [2.24, 2.45) is 5.73 Å². The van der Waals surface area contributed by atoms with Crippen molar-refractivity contribution in [1.29, 1.82) is 0 Å². The Morgan fingerprint density at radius 2 is 1.90 bits per heavy atom. The van der Waals surface area contributed by atoms with Crippen LogP contribution in [0, 0.1) is 6.92 Å². The van der Waals surface area contributed by atoms with E-state index in [1.807, 2.05) is 0 Å². The fraction of sp³-hybridized carbons (Fsp3) is 0.667. The summed E-state index contributed by atoms with van der Waals surface area (Å²) in [5.74, 6) is 0. The predicted molar refractivity (Wildman–Crippen MR) is 84.9 cm³/mol. The molecule has 2 N–H and O–H groups in total. The Bertz CT molecular complexity index is 460. The highest BCUT2D eigenvalue weighted by Gasteiger charge is 2.32. The van der Waals surface area contributed by atoms with Gasteiger partial charge >= 0.3 is 0 Å². The molecule has 1 saturated carbocycles. The van der Waals surface area contributed by atoms with Gasteiger partial charge in [0, 0.05) is 18.1 Å². The third-order valence-electron chi connectivity index (χ3n) is 5.32. The molecule has 1 fully saturated rings. The minimum absolute atomic E-state index is 0.447. The largest absolute Gasteiger partial charge is 0.328 e. The molecule has 0 aliphatic heterocycles. The maximum Gasteiger partial charge on any atom is 0.0356 e. The summed E-state index contributed by atoms with van der Waals surface area (Å²) in [6.07, 6.45) is 7.53. The first-order chi connectivity index (χ1) is 9.69. The van der Waals surface area contributed by atoms with Gasteiger partial charge in [-0.2, -0.15) is 0 Å². The number of nitrogens with two attached hydrogens (primary N) is 1. The lowest BCUT2D eigenvalue weighted by atomic mass is 9.89. The zero-order valence-electron chi connectivity index (χ0n) is 12.9. The minimum atomic E-state index is 0.447. The van der Waals surface area contributed by atoms with Gasteiger partial charge in [0.1, 0.15) is 0 Å². The van der Waals surface area contributed by atoms with E-state index in [1.54, 1.807) is 11.1 Å². The second kappa shape index (κ2) is 5.87. The Morgan fingerprint density at radius 1 is 1.15 bits per heavy atom. The van der Waals surface area contributed by atoms with Gasteiger partial charge in [-0.15, -0.1) is 0 Å². The van der Waals surface area contributed by atoms with Crippen LogP contribution in [-0.2, 0) is 6.42 Å². The lowest BCUT2D eigenvalue weighted by Crippen LogP contribution is -2.42. The number of fused-ring (bicyclic) bond motifs is 1. The quantitative estimate of drug-likeness (QED) is 0.911. The first kappa shape index (κ1) is 14.1. The Labute approximate surface area is 123 Å². The third-order valence-corrected chi connectivity index (χ3v) is 5.32. The van der Waals surface area contributed by atoms with Gasteiger partial charge in [-0.25, -0.2) is 0 Å². The van der Waals surface area contributed by atoms with Crippen LogP contribution in [0.15, 0.2) is 18.2 Å². The van der Waals surface area contributed by atoms with Crippen molar-refractivity contribution in [3.63, 3.8) is 0 Å². The van der Waals surface area contributed by atoms with E-state index >= 15 is 0 Å². The summed E-state index contributed by atoms with van der Waals surface area (Å²) in [4.78, 5) is 2.76. The molecule has 0 saturated heterocycles. The minimum Gasteiger partial charge on any atom is -0.328 e. The first-order valence-corrected chi connectivity index (χ1v) is 8.29. The van der Waals surface area contributed by atoms with Crippen LogP contribution in [0.4, 0.5) is 0 Å². The van der Waals surface area contributed by atoms with Crippen molar-refractivity contribution in [3.05, 3.63) is 34.9 Å². The smallest absolute Gasteiger partial charge is 0.0356 e. The van der Waals surface area contributed by atoms with E-state index in [4.69, 9.17) is 5.73 Å². The van der Waals surface area contributed by atoms with Crippen LogP contribution in [0.1, 0.15) is 61.8 Å². The van der Waals surface area contributed by atoms with Gasteiger partial charge in [-0.1, -0.05) is 30.7 Å². The average molecular weight is 272 g/mol. The van der Waals surface area contributed by atoms with Gasteiger partial charge in [0.25, 0.3) is 0 Å². The Balaban J connectivity index is 1.80. The molecule has 2 heteroatoms. The van der Waals surface area contributed by atoms with Crippen LogP contribution < -0.4 is 5.73 Å². The average Bonchev–Trinajstić information content (AvgIpc) is 2.85. The normalized spacial score (nSPS) is 29.7. The van der Waals surface area contributed by atoms with Gasteiger partial charge in [-0.3, -0.25) is 4.90 Å². The lowest BCUT2D eigenvalue weighted by Gasteiger charge is -2.39. The van der Waals surface area contributed by atoms with Gasteiger partial charge in [0.15, 0.2) is 0 Å². The maximum absolute atomic E-state index is 6.07. The summed E-state index contributed by atoms with van der Waals surface area (Å²) < 4.78 is 0.